The van der Waals surface area contributed by atoms with E-state index >= 15 is 0 Å². The number of anilines is 1. The maximum Gasteiger partial charge on any atom is 0.0801 e. The number of aromatic nitrogens is 1. The molecule has 0 unspecified atom stereocenters. The van der Waals surface area contributed by atoms with Crippen molar-refractivity contribution in [2.24, 2.45) is 0 Å². The number of hydrogen-bond acceptors (Lipinski definition) is 3. The molecule has 0 saturated heterocycles. The van der Waals surface area contributed by atoms with Crippen LogP contribution in [0.25, 0.3) is 10.4 Å². The van der Waals surface area contributed by atoms with E-state index in [1.165, 1.54) is 32.9 Å². The molecule has 0 spiro atoms. The largest absolute Gasteiger partial charge is 0.384 e. The van der Waals surface area contributed by atoms with Crippen LogP contribution in [0.2, 0.25) is 0 Å². The van der Waals surface area contributed by atoms with Gasteiger partial charge in [0.2, 0.25) is 0 Å². The van der Waals surface area contributed by atoms with Gasteiger partial charge in [0, 0.05) is 24.2 Å². The molecule has 0 amide bonds. The Morgan fingerprint density at radius 1 is 1.25 bits per heavy atom. The predicted octanol–water partition coefficient (Wildman–Crippen LogP) is 3.39. The Morgan fingerprint density at radius 2 is 2.06 bits per heavy atom. The fourth-order valence-corrected chi connectivity index (χ4v) is 3.25. The van der Waals surface area contributed by atoms with Gasteiger partial charge in [-0.3, -0.25) is 0 Å². The third kappa shape index (κ3) is 1.35. The van der Waals surface area contributed by atoms with Crippen molar-refractivity contribution in [3.8, 4) is 10.4 Å². The van der Waals surface area contributed by atoms with Crippen LogP contribution in [0.4, 0.5) is 5.69 Å². The van der Waals surface area contributed by atoms with Gasteiger partial charge in [0.15, 0.2) is 0 Å². The number of nitrogens with one attached hydrogen (secondary N) is 1. The lowest BCUT2D eigenvalue weighted by molar-refractivity contribution is 0.988. The lowest BCUT2D eigenvalue weighted by Gasteiger charge is -2.13. The van der Waals surface area contributed by atoms with Crippen molar-refractivity contribution in [2.45, 2.75) is 20.3 Å². The number of thiazole rings is 1. The number of fused-ring (bicyclic) bond motifs is 3. The van der Waals surface area contributed by atoms with Crippen LogP contribution in [0.15, 0.2) is 17.6 Å². The smallest absolute Gasteiger partial charge is 0.0801 e. The van der Waals surface area contributed by atoms with E-state index < -0.39 is 0 Å². The van der Waals surface area contributed by atoms with Crippen LogP contribution >= 0.6 is 11.3 Å². The Hall–Kier alpha value is -1.35. The van der Waals surface area contributed by atoms with Crippen molar-refractivity contribution >= 4 is 17.0 Å². The van der Waals surface area contributed by atoms with Gasteiger partial charge in [-0.25, -0.2) is 4.98 Å². The highest BCUT2D eigenvalue weighted by Gasteiger charge is 2.19. The highest BCUT2D eigenvalue weighted by molar-refractivity contribution is 7.13. The molecule has 2 heterocycles. The van der Waals surface area contributed by atoms with Gasteiger partial charge in [0.05, 0.1) is 16.1 Å². The number of hydrogen-bond donors (Lipinski definition) is 1. The Morgan fingerprint density at radius 3 is 2.94 bits per heavy atom. The Bertz CT molecular complexity index is 543. The molecule has 1 aromatic carbocycles. The van der Waals surface area contributed by atoms with Gasteiger partial charge in [0.1, 0.15) is 0 Å². The molecule has 1 N–H and O–H groups in total. The SMILES string of the molecule is Cc1ccc(C)c2c1NCCc1ncsc1-2. The zero-order chi connectivity index (χ0) is 11.1. The normalized spacial score (nSPS) is 13.6. The van der Waals surface area contributed by atoms with Gasteiger partial charge in [0.25, 0.3) is 0 Å². The maximum absolute atomic E-state index is 4.46. The van der Waals surface area contributed by atoms with Crippen molar-refractivity contribution in [2.75, 3.05) is 11.9 Å². The first-order valence-corrected chi connectivity index (χ1v) is 6.42. The minimum absolute atomic E-state index is 0.980. The van der Waals surface area contributed by atoms with Crippen LogP contribution < -0.4 is 5.32 Å². The summed E-state index contributed by atoms with van der Waals surface area (Å²) in [6.07, 6.45) is 1.02. The summed E-state index contributed by atoms with van der Waals surface area (Å²) in [5.74, 6) is 0. The maximum atomic E-state index is 4.46. The summed E-state index contributed by atoms with van der Waals surface area (Å²) in [5.41, 5.74) is 8.51. The molecule has 0 atom stereocenters. The highest BCUT2D eigenvalue weighted by Crippen LogP contribution is 2.39. The summed E-state index contributed by atoms with van der Waals surface area (Å²) in [6.45, 7) is 5.32. The quantitative estimate of drug-likeness (QED) is 0.750. The molecular weight excluding hydrogens is 216 g/mol. The molecule has 0 saturated carbocycles. The minimum Gasteiger partial charge on any atom is -0.384 e. The van der Waals surface area contributed by atoms with E-state index in [-0.39, 0.29) is 0 Å². The fourth-order valence-electron chi connectivity index (χ4n) is 2.29. The summed E-state index contributed by atoms with van der Waals surface area (Å²) in [4.78, 5) is 5.81. The number of benzene rings is 1. The molecule has 0 fully saturated rings. The molecule has 1 aliphatic rings. The van der Waals surface area contributed by atoms with E-state index in [1.54, 1.807) is 11.3 Å². The lowest BCUT2D eigenvalue weighted by atomic mass is 10.0. The van der Waals surface area contributed by atoms with Gasteiger partial charge in [-0.05, 0) is 25.0 Å². The van der Waals surface area contributed by atoms with E-state index in [9.17, 15) is 0 Å². The summed E-state index contributed by atoms with van der Waals surface area (Å²) >= 11 is 1.75. The van der Waals surface area contributed by atoms with E-state index in [1.807, 2.05) is 5.51 Å². The Balaban J connectivity index is 2.35. The second kappa shape index (κ2) is 3.59. The monoisotopic (exact) mass is 230 g/mol. The summed E-state index contributed by atoms with van der Waals surface area (Å²) in [7, 11) is 0. The second-order valence-corrected chi connectivity index (χ2v) is 5.11. The zero-order valence-corrected chi connectivity index (χ0v) is 10.3. The summed E-state index contributed by atoms with van der Waals surface area (Å²) < 4.78 is 0. The average molecular weight is 230 g/mol. The van der Waals surface area contributed by atoms with Gasteiger partial charge in [-0.15, -0.1) is 11.3 Å². The average Bonchev–Trinajstić information content (AvgIpc) is 2.64. The van der Waals surface area contributed by atoms with Crippen LogP contribution in [0.1, 0.15) is 16.8 Å². The zero-order valence-electron chi connectivity index (χ0n) is 9.50. The first kappa shape index (κ1) is 9.85. The van der Waals surface area contributed by atoms with Gasteiger partial charge in [-0.1, -0.05) is 12.1 Å². The minimum atomic E-state index is 0.980. The van der Waals surface area contributed by atoms with Gasteiger partial charge < -0.3 is 5.32 Å². The molecule has 16 heavy (non-hydrogen) atoms. The third-order valence-electron chi connectivity index (χ3n) is 3.15. The van der Waals surface area contributed by atoms with Crippen molar-refractivity contribution in [1.82, 2.24) is 4.98 Å². The van der Waals surface area contributed by atoms with E-state index in [4.69, 9.17) is 0 Å². The number of nitrogens with zero attached hydrogens (tertiary/aromatic N) is 1. The van der Waals surface area contributed by atoms with Crippen molar-refractivity contribution in [3.05, 3.63) is 34.5 Å². The molecule has 0 radical (unpaired) electrons. The highest BCUT2D eigenvalue weighted by atomic mass is 32.1. The summed E-state index contributed by atoms with van der Waals surface area (Å²) in [5, 5.41) is 3.53. The van der Waals surface area contributed by atoms with Crippen molar-refractivity contribution in [3.63, 3.8) is 0 Å². The van der Waals surface area contributed by atoms with Gasteiger partial charge in [-0.2, -0.15) is 0 Å². The number of aryl methyl sites for hydroxylation is 2. The summed E-state index contributed by atoms with van der Waals surface area (Å²) in [6, 6.07) is 4.39. The molecule has 2 nitrogen and oxygen atoms in total. The third-order valence-corrected chi connectivity index (χ3v) is 4.04. The molecule has 3 heteroatoms. The molecule has 2 aromatic rings. The first-order chi connectivity index (χ1) is 7.77. The second-order valence-electron chi connectivity index (χ2n) is 4.25. The van der Waals surface area contributed by atoms with Crippen LogP contribution in [0.5, 0.6) is 0 Å². The molecule has 1 aliphatic heterocycles. The molecule has 82 valence electrons. The molecule has 3 rings (SSSR count). The van der Waals surface area contributed by atoms with Crippen molar-refractivity contribution < 1.29 is 0 Å². The van der Waals surface area contributed by atoms with E-state index in [0.29, 0.717) is 0 Å². The fraction of sp³-hybridized carbons (Fsp3) is 0.308. The van der Waals surface area contributed by atoms with Crippen LogP contribution in [0.3, 0.4) is 0 Å². The molecule has 0 bridgehead atoms. The first-order valence-electron chi connectivity index (χ1n) is 5.54. The molecular formula is C13H14N2S. The van der Waals surface area contributed by atoms with Crippen LogP contribution in [-0.2, 0) is 6.42 Å². The molecule has 0 aliphatic carbocycles. The van der Waals surface area contributed by atoms with Gasteiger partial charge >= 0.3 is 0 Å². The molecule has 1 aromatic heterocycles. The Kier molecular flexibility index (Phi) is 2.21. The van der Waals surface area contributed by atoms with Crippen LogP contribution in [0, 0.1) is 13.8 Å². The number of rotatable bonds is 0. The van der Waals surface area contributed by atoms with Crippen LogP contribution in [-0.4, -0.2) is 11.5 Å². The van der Waals surface area contributed by atoms with E-state index in [2.05, 4.69) is 36.3 Å². The van der Waals surface area contributed by atoms with Crippen molar-refractivity contribution in [1.29, 1.82) is 0 Å². The van der Waals surface area contributed by atoms with E-state index in [0.717, 1.165) is 13.0 Å². The predicted molar refractivity (Wildman–Crippen MR) is 69.2 cm³/mol. The topological polar surface area (TPSA) is 24.9 Å². The Labute approximate surface area is 99.4 Å². The lowest BCUT2D eigenvalue weighted by Crippen LogP contribution is -2.04. The standard InChI is InChI=1S/C13H14N2S/c1-8-3-4-9(2)12-11(8)13-10(5-6-14-12)15-7-16-13/h3-4,7,14H,5-6H2,1-2H3.